The van der Waals surface area contributed by atoms with Gasteiger partial charge in [-0.3, -0.25) is 14.4 Å². The van der Waals surface area contributed by atoms with Crippen LogP contribution >= 0.6 is 0 Å². The molecule has 2 aromatic rings. The lowest BCUT2D eigenvalue weighted by Gasteiger charge is -2.51. The van der Waals surface area contributed by atoms with Crippen molar-refractivity contribution in [3.8, 4) is 0 Å². The molecule has 2 aromatic heterocycles. The van der Waals surface area contributed by atoms with Crippen molar-refractivity contribution in [3.63, 3.8) is 0 Å². The Morgan fingerprint density at radius 3 is 1.81 bits per heavy atom. The van der Waals surface area contributed by atoms with Gasteiger partial charge in [0.2, 0.25) is 0 Å². The van der Waals surface area contributed by atoms with E-state index in [-0.39, 0.29) is 16.7 Å². The number of hydrogen-bond donors (Lipinski definition) is 5. The molecule has 10 heteroatoms. The van der Waals surface area contributed by atoms with Crippen molar-refractivity contribution in [1.82, 2.24) is 20.3 Å². The molecule has 6 saturated carbocycles. The van der Waals surface area contributed by atoms with Crippen LogP contribution in [0.25, 0.3) is 11.0 Å². The Hall–Kier alpha value is -3.17. The van der Waals surface area contributed by atoms with E-state index in [2.05, 4.69) is 25.6 Å². The number of anilines is 1. The van der Waals surface area contributed by atoms with Crippen molar-refractivity contribution >= 4 is 34.6 Å². The van der Waals surface area contributed by atoms with Crippen LogP contribution in [0.5, 0.6) is 0 Å². The predicted molar refractivity (Wildman–Crippen MR) is 135 cm³/mol. The quantitative estimate of drug-likeness (QED) is 0.358. The van der Waals surface area contributed by atoms with E-state index in [1.54, 1.807) is 0 Å². The van der Waals surface area contributed by atoms with Crippen LogP contribution in [0.3, 0.4) is 0 Å². The van der Waals surface area contributed by atoms with Gasteiger partial charge in [0.1, 0.15) is 11.8 Å². The zero-order valence-electron chi connectivity index (χ0n) is 21.1. The highest BCUT2D eigenvalue weighted by Gasteiger charge is 2.53. The molecule has 6 aliphatic carbocycles. The van der Waals surface area contributed by atoms with Gasteiger partial charge in [-0.25, -0.2) is 9.97 Å². The summed E-state index contributed by atoms with van der Waals surface area (Å²) in [5.74, 6) is -1.57. The van der Waals surface area contributed by atoms with Crippen LogP contribution in [0.4, 0.5) is 5.69 Å². The van der Waals surface area contributed by atoms with Gasteiger partial charge in [-0.2, -0.15) is 0 Å². The zero-order chi connectivity index (χ0) is 25.9. The van der Waals surface area contributed by atoms with Crippen LogP contribution < -0.4 is 10.6 Å². The summed E-state index contributed by atoms with van der Waals surface area (Å²) in [5, 5.41) is 25.9. The Bertz CT molecular complexity index is 1220. The van der Waals surface area contributed by atoms with Gasteiger partial charge in [0.15, 0.2) is 5.69 Å². The largest absolute Gasteiger partial charge is 0.481 e. The summed E-state index contributed by atoms with van der Waals surface area (Å²) in [6.45, 7) is 1.28. The number of carboxylic acid groups (broad SMARTS) is 2. The number of rotatable bonds is 8. The maximum absolute atomic E-state index is 13.2. The van der Waals surface area contributed by atoms with E-state index in [4.69, 9.17) is 0 Å². The molecule has 8 rings (SSSR count). The minimum absolute atomic E-state index is 0.0288. The standard InChI is InChI=1S/C27H35N5O5/c33-21(30-15-25-4-10-27(11-5-25,12-6-25)23(36)37)20-19-18(31-16-32-20)17(13-28-19)29-14-24-1-7-26(8-2-24,9-3-24)22(34)35/h13,16,28-29H,1-12,14-15H2,(H,30,33)(H,34,35)(H,36,37). The summed E-state index contributed by atoms with van der Waals surface area (Å²) in [5.41, 5.74) is 1.38. The third-order valence-electron chi connectivity index (χ3n) is 10.7. The first-order valence-corrected chi connectivity index (χ1v) is 13.5. The molecule has 37 heavy (non-hydrogen) atoms. The maximum atomic E-state index is 13.2. The minimum Gasteiger partial charge on any atom is -0.481 e. The smallest absolute Gasteiger partial charge is 0.309 e. The number of carbonyl (C=O) groups is 3. The fourth-order valence-corrected chi connectivity index (χ4v) is 7.58. The Morgan fingerprint density at radius 2 is 1.30 bits per heavy atom. The minimum atomic E-state index is -0.677. The molecule has 5 N–H and O–H groups in total. The fraction of sp³-hybridized carbons (Fsp3) is 0.667. The van der Waals surface area contributed by atoms with Crippen LogP contribution in [0.2, 0.25) is 0 Å². The van der Waals surface area contributed by atoms with Crippen LogP contribution in [0.1, 0.15) is 87.5 Å². The molecule has 2 heterocycles. The van der Waals surface area contributed by atoms with Crippen LogP contribution in [0.15, 0.2) is 12.5 Å². The van der Waals surface area contributed by atoms with E-state index in [0.717, 1.165) is 70.0 Å². The topological polar surface area (TPSA) is 157 Å². The first-order valence-electron chi connectivity index (χ1n) is 13.5. The second-order valence-corrected chi connectivity index (χ2v) is 12.4. The first kappa shape index (κ1) is 24.2. The summed E-state index contributed by atoms with van der Waals surface area (Å²) < 4.78 is 0. The van der Waals surface area contributed by atoms with E-state index < -0.39 is 22.8 Å². The average molecular weight is 510 g/mol. The van der Waals surface area contributed by atoms with Crippen molar-refractivity contribution in [2.24, 2.45) is 21.7 Å². The second-order valence-electron chi connectivity index (χ2n) is 12.4. The van der Waals surface area contributed by atoms with Crippen molar-refractivity contribution in [2.75, 3.05) is 18.4 Å². The summed E-state index contributed by atoms with van der Waals surface area (Å²) in [7, 11) is 0. The number of carbonyl (C=O) groups excluding carboxylic acids is 1. The van der Waals surface area contributed by atoms with Crippen LogP contribution in [-0.2, 0) is 9.59 Å². The first-order chi connectivity index (χ1) is 17.7. The third kappa shape index (κ3) is 3.87. The summed E-state index contributed by atoms with van der Waals surface area (Å²) in [4.78, 5) is 48.5. The molecule has 0 spiro atoms. The molecular formula is C27H35N5O5. The monoisotopic (exact) mass is 509 g/mol. The zero-order valence-corrected chi connectivity index (χ0v) is 21.1. The number of aliphatic carboxylic acids is 2. The Labute approximate surface area is 215 Å². The number of H-pyrrole nitrogens is 1. The fourth-order valence-electron chi connectivity index (χ4n) is 7.58. The predicted octanol–water partition coefficient (Wildman–Crippen LogP) is 3.95. The molecular weight excluding hydrogens is 474 g/mol. The molecule has 6 fully saturated rings. The van der Waals surface area contributed by atoms with Crippen molar-refractivity contribution in [1.29, 1.82) is 0 Å². The highest BCUT2D eigenvalue weighted by Crippen LogP contribution is 2.58. The molecule has 4 bridgehead atoms. The van der Waals surface area contributed by atoms with E-state index >= 15 is 0 Å². The van der Waals surface area contributed by atoms with Gasteiger partial charge in [-0.1, -0.05) is 0 Å². The molecule has 0 radical (unpaired) electrons. The normalized spacial score (nSPS) is 34.4. The maximum Gasteiger partial charge on any atom is 0.309 e. The Morgan fingerprint density at radius 1 is 0.784 bits per heavy atom. The van der Waals surface area contributed by atoms with Crippen molar-refractivity contribution in [2.45, 2.75) is 77.0 Å². The third-order valence-corrected chi connectivity index (χ3v) is 10.7. The van der Waals surface area contributed by atoms with E-state index in [0.29, 0.717) is 42.5 Å². The summed E-state index contributed by atoms with van der Waals surface area (Å²) in [6.07, 6.45) is 12.7. The van der Waals surface area contributed by atoms with Crippen molar-refractivity contribution < 1.29 is 24.6 Å². The van der Waals surface area contributed by atoms with Gasteiger partial charge in [0, 0.05) is 19.3 Å². The van der Waals surface area contributed by atoms with Crippen LogP contribution in [-0.4, -0.2) is 56.1 Å². The summed E-state index contributed by atoms with van der Waals surface area (Å²) >= 11 is 0. The molecule has 0 unspecified atom stereocenters. The number of hydrogen-bond acceptors (Lipinski definition) is 6. The van der Waals surface area contributed by atoms with E-state index in [1.807, 2.05) is 6.20 Å². The molecule has 6 aliphatic rings. The lowest BCUT2D eigenvalue weighted by Crippen LogP contribution is -2.50. The van der Waals surface area contributed by atoms with Crippen LogP contribution in [0, 0.1) is 21.7 Å². The number of carboxylic acids is 2. The molecule has 0 atom stereocenters. The molecule has 1 amide bonds. The number of aromatic nitrogens is 3. The van der Waals surface area contributed by atoms with E-state index in [1.165, 1.54) is 6.33 Å². The van der Waals surface area contributed by atoms with Crippen molar-refractivity contribution in [3.05, 3.63) is 18.2 Å². The second kappa shape index (κ2) is 8.43. The number of fused-ring (bicyclic) bond motifs is 7. The lowest BCUT2D eigenvalue weighted by atomic mass is 9.53. The van der Waals surface area contributed by atoms with Gasteiger partial charge in [0.25, 0.3) is 5.91 Å². The average Bonchev–Trinajstić information content (AvgIpc) is 3.36. The molecule has 0 aliphatic heterocycles. The van der Waals surface area contributed by atoms with E-state index in [9.17, 15) is 24.6 Å². The Kier molecular flexibility index (Phi) is 5.51. The highest BCUT2D eigenvalue weighted by atomic mass is 16.4. The van der Waals surface area contributed by atoms with Gasteiger partial charge < -0.3 is 25.8 Å². The van der Waals surface area contributed by atoms with Gasteiger partial charge >= 0.3 is 11.9 Å². The highest BCUT2D eigenvalue weighted by molar-refractivity contribution is 6.05. The number of amides is 1. The molecule has 198 valence electrons. The SMILES string of the molecule is O=C(NCC12CCC(C(=O)O)(CC1)CC2)c1ncnc2c(NCC34CCC(C(=O)O)(CC3)CC4)c[nH]c12. The number of nitrogens with zero attached hydrogens (tertiary/aromatic N) is 2. The number of nitrogens with one attached hydrogen (secondary N) is 3. The molecule has 0 saturated heterocycles. The molecule has 10 nitrogen and oxygen atoms in total. The lowest BCUT2D eigenvalue weighted by molar-refractivity contribution is -0.159. The summed E-state index contributed by atoms with van der Waals surface area (Å²) in [6, 6.07) is 0. The molecule has 0 aromatic carbocycles. The Balaban J connectivity index is 1.11. The van der Waals surface area contributed by atoms with Gasteiger partial charge in [-0.15, -0.1) is 0 Å². The van der Waals surface area contributed by atoms with Gasteiger partial charge in [-0.05, 0) is 87.9 Å². The number of aromatic amines is 1. The van der Waals surface area contributed by atoms with Gasteiger partial charge in [0.05, 0.1) is 22.0 Å².